The van der Waals surface area contributed by atoms with Crippen molar-refractivity contribution in [3.8, 4) is 11.4 Å². The molecule has 0 amide bonds. The number of aromatic hydroxyl groups is 1. The summed E-state index contributed by atoms with van der Waals surface area (Å²) >= 11 is 0. The van der Waals surface area contributed by atoms with Crippen LogP contribution in [0.5, 0.6) is 5.75 Å². The van der Waals surface area contributed by atoms with Crippen molar-refractivity contribution in [1.29, 1.82) is 0 Å². The van der Waals surface area contributed by atoms with E-state index in [2.05, 4.69) is 24.0 Å². The maximum absolute atomic E-state index is 10.5. The summed E-state index contributed by atoms with van der Waals surface area (Å²) in [7, 11) is -5.17. The van der Waals surface area contributed by atoms with E-state index in [0.717, 1.165) is 23.0 Å². The fourth-order valence-electron chi connectivity index (χ4n) is 2.30. The minimum atomic E-state index is -5.17. The van der Waals surface area contributed by atoms with Gasteiger partial charge in [0.2, 0.25) is 0 Å². The molecule has 0 saturated heterocycles. The van der Waals surface area contributed by atoms with Crippen LogP contribution in [-0.2, 0) is 10.4 Å². The second kappa shape index (κ2) is 11.5. The summed E-state index contributed by atoms with van der Waals surface area (Å²) in [5.41, 5.74) is 3.20. The van der Waals surface area contributed by atoms with Gasteiger partial charge in [-0.3, -0.25) is 8.42 Å². The summed E-state index contributed by atoms with van der Waals surface area (Å²) in [6.07, 6.45) is 0.978. The molecule has 11 heteroatoms. The predicted molar refractivity (Wildman–Crippen MR) is 89.7 cm³/mol. The van der Waals surface area contributed by atoms with Gasteiger partial charge in [-0.15, -0.1) is 15.0 Å². The van der Waals surface area contributed by atoms with E-state index in [4.69, 9.17) is 17.5 Å². The Bertz CT molecular complexity index is 938. The van der Waals surface area contributed by atoms with Crippen molar-refractivity contribution in [3.63, 3.8) is 0 Å². The Labute approximate surface area is 202 Å². The molecule has 1 aromatic heterocycles. The molecule has 3 aromatic rings. The molecule has 0 aliphatic heterocycles. The number of hydrogen-bond donors (Lipinski definition) is 1. The largest absolute Gasteiger partial charge is 1.00 e. The molecule has 1 heterocycles. The topological polar surface area (TPSA) is 131 Å². The van der Waals surface area contributed by atoms with Crippen molar-refractivity contribution in [2.45, 2.75) is 26.2 Å². The van der Waals surface area contributed by atoms with Crippen molar-refractivity contribution in [2.24, 2.45) is 0 Å². The molecule has 134 valence electrons. The number of para-hydroxylation sites is 1. The predicted octanol–water partition coefficient (Wildman–Crippen LogP) is -3.69. The van der Waals surface area contributed by atoms with Gasteiger partial charge in [-0.1, -0.05) is 38.1 Å². The van der Waals surface area contributed by atoms with Crippen LogP contribution in [0.15, 0.2) is 42.5 Å². The van der Waals surface area contributed by atoms with E-state index < -0.39 is 10.4 Å². The van der Waals surface area contributed by atoms with Crippen LogP contribution in [0.2, 0.25) is 0 Å². The molecule has 1 N–H and O–H groups in total. The van der Waals surface area contributed by atoms with E-state index in [1.807, 2.05) is 42.5 Å². The van der Waals surface area contributed by atoms with Crippen LogP contribution >= 0.6 is 0 Å². The average Bonchev–Trinajstić information content (AvgIpc) is 2.96. The molecule has 2 aromatic carbocycles. The van der Waals surface area contributed by atoms with E-state index in [1.165, 1.54) is 4.80 Å². The fourth-order valence-corrected chi connectivity index (χ4v) is 2.30. The average molecular weight is 409 g/mol. The number of nitrogens with zero attached hydrogens (tertiary/aromatic N) is 3. The third-order valence-corrected chi connectivity index (χ3v) is 3.69. The first kappa shape index (κ1) is 26.5. The van der Waals surface area contributed by atoms with Gasteiger partial charge < -0.3 is 14.2 Å². The van der Waals surface area contributed by atoms with E-state index in [0.29, 0.717) is 11.6 Å². The van der Waals surface area contributed by atoms with Gasteiger partial charge in [-0.2, -0.15) is 0 Å². The standard InChI is InChI=1S/C16H17N3O.2Na.H2O4S/c1-3-11(2)12-7-6-10-15(16(12)20)19-17-13-8-4-5-9-14(13)18-19;;;1-5(2,3)4/h4-11,20H,3H2,1-2H3;;;(H2,1,2,3,4)/q;2*+1;/p-2. The fraction of sp³-hybridized carbons (Fsp3) is 0.250. The van der Waals surface area contributed by atoms with Gasteiger partial charge >= 0.3 is 59.1 Å². The third kappa shape index (κ3) is 7.80. The maximum atomic E-state index is 10.5. The van der Waals surface area contributed by atoms with Gasteiger partial charge in [0.1, 0.15) is 22.5 Å². The van der Waals surface area contributed by atoms with Crippen molar-refractivity contribution < 1.29 is 81.7 Å². The van der Waals surface area contributed by atoms with Gasteiger partial charge in [0.15, 0.2) is 0 Å². The molecule has 3 rings (SSSR count). The van der Waals surface area contributed by atoms with E-state index in [9.17, 15) is 5.11 Å². The Kier molecular flexibility index (Phi) is 11.3. The Morgan fingerprint density at radius 1 is 1.04 bits per heavy atom. The molecule has 8 nitrogen and oxygen atoms in total. The van der Waals surface area contributed by atoms with E-state index in [1.54, 1.807) is 0 Å². The van der Waals surface area contributed by atoms with Gasteiger partial charge in [-0.05, 0) is 36.1 Å². The smallest absolute Gasteiger partial charge is 0.759 e. The van der Waals surface area contributed by atoms with E-state index >= 15 is 0 Å². The molecule has 0 radical (unpaired) electrons. The minimum Gasteiger partial charge on any atom is -0.759 e. The van der Waals surface area contributed by atoms with Crippen LogP contribution < -0.4 is 59.1 Å². The van der Waals surface area contributed by atoms with Gasteiger partial charge in [0.25, 0.3) is 0 Å². The molecule has 0 spiro atoms. The molecule has 0 aliphatic rings. The molecule has 0 bridgehead atoms. The van der Waals surface area contributed by atoms with Crippen LogP contribution in [0.3, 0.4) is 0 Å². The molecule has 1 unspecified atom stereocenters. The Morgan fingerprint density at radius 2 is 1.52 bits per heavy atom. The van der Waals surface area contributed by atoms with Gasteiger partial charge in [-0.25, -0.2) is 0 Å². The maximum Gasteiger partial charge on any atom is 1.00 e. The van der Waals surface area contributed by atoms with Crippen LogP contribution in [0.4, 0.5) is 0 Å². The summed E-state index contributed by atoms with van der Waals surface area (Å²) in [5.74, 6) is 0.571. The van der Waals surface area contributed by atoms with Crippen LogP contribution in [0.1, 0.15) is 31.7 Å². The first-order valence-corrected chi connectivity index (χ1v) is 8.85. The van der Waals surface area contributed by atoms with Gasteiger partial charge in [0.05, 0.1) is 0 Å². The second-order valence-electron chi connectivity index (χ2n) is 5.41. The van der Waals surface area contributed by atoms with Crippen LogP contribution in [0, 0.1) is 0 Å². The Morgan fingerprint density at radius 3 is 1.96 bits per heavy atom. The SMILES string of the molecule is CCC(C)c1cccc(-n2nc3ccccc3n2)c1O.O=S(=O)([O-])[O-].[Na+].[Na+]. The van der Waals surface area contributed by atoms with E-state index in [-0.39, 0.29) is 64.9 Å². The molecule has 1 atom stereocenters. The first-order chi connectivity index (χ1) is 11.7. The first-order valence-electron chi connectivity index (χ1n) is 7.51. The summed E-state index contributed by atoms with van der Waals surface area (Å²) in [6.45, 7) is 4.21. The Hall–Kier alpha value is -0.490. The number of rotatable bonds is 3. The summed E-state index contributed by atoms with van der Waals surface area (Å²) < 4.78 is 34.1. The third-order valence-electron chi connectivity index (χ3n) is 3.69. The summed E-state index contributed by atoms with van der Waals surface area (Å²) in [6, 6.07) is 13.4. The molecule has 27 heavy (non-hydrogen) atoms. The zero-order valence-electron chi connectivity index (χ0n) is 15.7. The monoisotopic (exact) mass is 409 g/mol. The summed E-state index contributed by atoms with van der Waals surface area (Å²) in [4.78, 5) is 1.51. The number of aromatic nitrogens is 3. The molecule has 0 saturated carbocycles. The number of fused-ring (bicyclic) bond motifs is 1. The number of benzene rings is 2. The molecular weight excluding hydrogens is 392 g/mol. The number of phenols is 1. The van der Waals surface area contributed by atoms with Crippen LogP contribution in [-0.4, -0.2) is 37.6 Å². The Balaban J connectivity index is 0.000000864. The van der Waals surface area contributed by atoms with Crippen LogP contribution in [0.25, 0.3) is 16.7 Å². The number of phenolic OH excluding ortho intramolecular Hbond substituents is 1. The molecule has 0 fully saturated rings. The molecule has 0 aliphatic carbocycles. The van der Waals surface area contributed by atoms with Crippen molar-refractivity contribution in [3.05, 3.63) is 48.0 Å². The number of hydrogen-bond acceptors (Lipinski definition) is 7. The van der Waals surface area contributed by atoms with Crippen molar-refractivity contribution in [2.75, 3.05) is 0 Å². The minimum absolute atomic E-state index is 0. The zero-order chi connectivity index (χ0) is 18.6. The molecular formula is C16H17N3Na2O5S. The van der Waals surface area contributed by atoms with Gasteiger partial charge in [0, 0.05) is 10.4 Å². The second-order valence-corrected chi connectivity index (χ2v) is 6.23. The normalized spacial score (nSPS) is 11.6. The van der Waals surface area contributed by atoms with Crippen molar-refractivity contribution in [1.82, 2.24) is 15.0 Å². The summed E-state index contributed by atoms with van der Waals surface area (Å²) in [5, 5.41) is 19.3. The zero-order valence-corrected chi connectivity index (χ0v) is 20.5. The van der Waals surface area contributed by atoms with Crippen molar-refractivity contribution >= 4 is 21.4 Å². The quantitative estimate of drug-likeness (QED) is 0.268.